The summed E-state index contributed by atoms with van der Waals surface area (Å²) in [5, 5.41) is 8.40. The van der Waals surface area contributed by atoms with Gasteiger partial charge in [0, 0.05) is 6.42 Å². The van der Waals surface area contributed by atoms with Gasteiger partial charge in [0.15, 0.2) is 5.82 Å². The van der Waals surface area contributed by atoms with Gasteiger partial charge in [-0.05, 0) is 13.3 Å². The summed E-state index contributed by atoms with van der Waals surface area (Å²) in [5.41, 5.74) is 0. The van der Waals surface area contributed by atoms with Crippen molar-refractivity contribution in [2.45, 2.75) is 37.1 Å². The van der Waals surface area contributed by atoms with Crippen molar-refractivity contribution in [3.05, 3.63) is 18.0 Å². The van der Waals surface area contributed by atoms with Gasteiger partial charge in [0.25, 0.3) is 0 Å². The largest absolute Gasteiger partial charge is 0.338 e. The molecular weight excluding hydrogens is 258 g/mol. The van der Waals surface area contributed by atoms with Crippen LogP contribution in [-0.4, -0.2) is 33.7 Å². The summed E-state index contributed by atoms with van der Waals surface area (Å²) in [7, 11) is -3.68. The van der Waals surface area contributed by atoms with E-state index in [1.165, 1.54) is 6.92 Å². The Hall–Kier alpha value is -1.77. The second-order valence-electron chi connectivity index (χ2n) is 3.78. The zero-order chi connectivity index (χ0) is 13.2. The lowest BCUT2D eigenvalue weighted by atomic mass is 10.3. The van der Waals surface area contributed by atoms with E-state index in [0.29, 0.717) is 12.2 Å². The van der Waals surface area contributed by atoms with E-state index in [2.05, 4.69) is 25.3 Å². The van der Waals surface area contributed by atoms with Crippen LogP contribution in [0.3, 0.4) is 0 Å². The highest BCUT2D eigenvalue weighted by atomic mass is 32.2. The van der Waals surface area contributed by atoms with E-state index < -0.39 is 15.1 Å². The SMILES string of the molecule is CCCc1noc(C(C)S(=O)(=O)c2ncn[nH]2)n1. The summed E-state index contributed by atoms with van der Waals surface area (Å²) in [5.74, 6) is 0.571. The molecule has 0 aliphatic heterocycles. The van der Waals surface area contributed by atoms with Crippen molar-refractivity contribution in [2.75, 3.05) is 0 Å². The Labute approximate surface area is 104 Å². The minimum atomic E-state index is -3.68. The Morgan fingerprint density at radius 3 is 2.89 bits per heavy atom. The van der Waals surface area contributed by atoms with Crippen molar-refractivity contribution in [1.29, 1.82) is 0 Å². The summed E-state index contributed by atoms with van der Waals surface area (Å²) in [6.45, 7) is 3.45. The number of aryl methyl sites for hydroxylation is 1. The first-order valence-corrected chi connectivity index (χ1v) is 7.02. The highest BCUT2D eigenvalue weighted by Gasteiger charge is 2.32. The van der Waals surface area contributed by atoms with Gasteiger partial charge < -0.3 is 4.52 Å². The summed E-state index contributed by atoms with van der Waals surface area (Å²) < 4.78 is 29.2. The molecule has 18 heavy (non-hydrogen) atoms. The fourth-order valence-corrected chi connectivity index (χ4v) is 2.46. The normalized spacial score (nSPS) is 13.7. The Kier molecular flexibility index (Phi) is 3.41. The topological polar surface area (TPSA) is 115 Å². The number of aromatic amines is 1. The molecular formula is C9H13N5O3S. The average Bonchev–Trinajstić information content (AvgIpc) is 2.99. The third-order valence-corrected chi connectivity index (χ3v) is 4.30. The van der Waals surface area contributed by atoms with Gasteiger partial charge in [-0.2, -0.15) is 10.1 Å². The predicted molar refractivity (Wildman–Crippen MR) is 60.3 cm³/mol. The highest BCUT2D eigenvalue weighted by molar-refractivity contribution is 7.91. The third kappa shape index (κ3) is 2.26. The van der Waals surface area contributed by atoms with Crippen LogP contribution in [0.25, 0.3) is 0 Å². The molecule has 9 heteroatoms. The van der Waals surface area contributed by atoms with Crippen molar-refractivity contribution in [1.82, 2.24) is 25.3 Å². The van der Waals surface area contributed by atoms with E-state index in [9.17, 15) is 8.42 Å². The van der Waals surface area contributed by atoms with Gasteiger partial charge in [0.05, 0.1) is 0 Å². The Morgan fingerprint density at radius 1 is 1.50 bits per heavy atom. The van der Waals surface area contributed by atoms with Crippen LogP contribution in [0.2, 0.25) is 0 Å². The standard InChI is InChI=1S/C9H13N5O3S/c1-3-4-7-12-8(17-14-7)6(2)18(15,16)9-10-5-11-13-9/h5-6H,3-4H2,1-2H3,(H,10,11,13). The highest BCUT2D eigenvalue weighted by Crippen LogP contribution is 2.24. The van der Waals surface area contributed by atoms with Crippen molar-refractivity contribution in [3.63, 3.8) is 0 Å². The maximum absolute atomic E-state index is 12.1. The molecule has 2 aromatic rings. The number of hydrogen-bond acceptors (Lipinski definition) is 7. The number of nitrogens with zero attached hydrogens (tertiary/aromatic N) is 4. The molecule has 2 rings (SSSR count). The maximum atomic E-state index is 12.1. The monoisotopic (exact) mass is 271 g/mol. The average molecular weight is 271 g/mol. The zero-order valence-corrected chi connectivity index (χ0v) is 10.8. The van der Waals surface area contributed by atoms with Gasteiger partial charge >= 0.3 is 0 Å². The minimum Gasteiger partial charge on any atom is -0.338 e. The molecule has 2 aromatic heterocycles. The van der Waals surface area contributed by atoms with Crippen LogP contribution in [0.5, 0.6) is 0 Å². The first-order chi connectivity index (χ1) is 8.55. The molecule has 1 N–H and O–H groups in total. The minimum absolute atomic E-state index is 0.0647. The van der Waals surface area contributed by atoms with Crippen molar-refractivity contribution < 1.29 is 12.9 Å². The molecule has 2 heterocycles. The molecule has 0 amide bonds. The van der Waals surface area contributed by atoms with Gasteiger partial charge in [0.1, 0.15) is 11.6 Å². The van der Waals surface area contributed by atoms with Crippen LogP contribution in [0.1, 0.15) is 37.2 Å². The summed E-state index contributed by atoms with van der Waals surface area (Å²) in [6, 6.07) is 0. The summed E-state index contributed by atoms with van der Waals surface area (Å²) in [6.07, 6.45) is 2.65. The number of rotatable bonds is 5. The van der Waals surface area contributed by atoms with E-state index in [1.54, 1.807) is 0 Å². The molecule has 0 saturated carbocycles. The second-order valence-corrected chi connectivity index (χ2v) is 5.96. The van der Waals surface area contributed by atoms with E-state index in [0.717, 1.165) is 12.7 Å². The van der Waals surface area contributed by atoms with Crippen molar-refractivity contribution in [3.8, 4) is 0 Å². The van der Waals surface area contributed by atoms with Crippen LogP contribution in [0.4, 0.5) is 0 Å². The molecule has 0 fully saturated rings. The van der Waals surface area contributed by atoms with Crippen LogP contribution >= 0.6 is 0 Å². The van der Waals surface area contributed by atoms with E-state index in [-0.39, 0.29) is 11.0 Å². The number of H-pyrrole nitrogens is 1. The Morgan fingerprint density at radius 2 is 2.28 bits per heavy atom. The van der Waals surface area contributed by atoms with Gasteiger partial charge in [0.2, 0.25) is 20.9 Å². The molecule has 1 atom stereocenters. The van der Waals surface area contributed by atoms with Crippen LogP contribution in [0, 0.1) is 0 Å². The smallest absolute Gasteiger partial charge is 0.245 e. The summed E-state index contributed by atoms with van der Waals surface area (Å²) in [4.78, 5) is 7.69. The molecule has 0 aromatic carbocycles. The van der Waals surface area contributed by atoms with E-state index >= 15 is 0 Å². The zero-order valence-electron chi connectivity index (χ0n) is 9.99. The van der Waals surface area contributed by atoms with Crippen LogP contribution in [0.15, 0.2) is 16.0 Å². The van der Waals surface area contributed by atoms with Crippen molar-refractivity contribution in [2.24, 2.45) is 0 Å². The lowest BCUT2D eigenvalue weighted by molar-refractivity contribution is 0.370. The number of sulfone groups is 1. The van der Waals surface area contributed by atoms with E-state index in [1.807, 2.05) is 6.92 Å². The van der Waals surface area contributed by atoms with Gasteiger partial charge in [-0.25, -0.2) is 13.4 Å². The van der Waals surface area contributed by atoms with Crippen LogP contribution < -0.4 is 0 Å². The molecule has 8 nitrogen and oxygen atoms in total. The molecule has 0 aliphatic carbocycles. The molecule has 0 aliphatic rings. The first kappa shape index (κ1) is 12.7. The number of aromatic nitrogens is 5. The number of nitrogens with one attached hydrogen (secondary N) is 1. The van der Waals surface area contributed by atoms with Crippen LogP contribution in [-0.2, 0) is 16.3 Å². The lowest BCUT2D eigenvalue weighted by Gasteiger charge is -2.04. The quantitative estimate of drug-likeness (QED) is 0.849. The summed E-state index contributed by atoms with van der Waals surface area (Å²) >= 11 is 0. The molecule has 0 bridgehead atoms. The first-order valence-electron chi connectivity index (χ1n) is 5.47. The van der Waals surface area contributed by atoms with Gasteiger partial charge in [-0.15, -0.1) is 0 Å². The second kappa shape index (κ2) is 4.84. The molecule has 0 radical (unpaired) electrons. The number of hydrogen-bond donors (Lipinski definition) is 1. The predicted octanol–water partition coefficient (Wildman–Crippen LogP) is 0.675. The Bertz CT molecular complexity index is 604. The molecule has 98 valence electrons. The molecule has 0 spiro atoms. The lowest BCUT2D eigenvalue weighted by Crippen LogP contribution is -2.13. The van der Waals surface area contributed by atoms with Gasteiger partial charge in [-0.3, -0.25) is 5.10 Å². The van der Waals surface area contributed by atoms with Gasteiger partial charge in [-0.1, -0.05) is 12.1 Å². The van der Waals surface area contributed by atoms with Crippen molar-refractivity contribution >= 4 is 9.84 Å². The molecule has 0 saturated heterocycles. The third-order valence-electron chi connectivity index (χ3n) is 2.43. The van der Waals surface area contributed by atoms with E-state index in [4.69, 9.17) is 4.52 Å². The fourth-order valence-electron chi connectivity index (χ4n) is 1.39. The fraction of sp³-hybridized carbons (Fsp3) is 0.556. The molecule has 1 unspecified atom stereocenters. The maximum Gasteiger partial charge on any atom is 0.245 e. The Balaban J connectivity index is 2.28.